The number of nitrogens with one attached hydrogen (secondary N) is 2. The monoisotopic (exact) mass is 423 g/mol. The van der Waals surface area contributed by atoms with Gasteiger partial charge in [0, 0.05) is 24.2 Å². The molecular formula is C23H22FN3O4. The first kappa shape index (κ1) is 20.7. The zero-order valence-electron chi connectivity index (χ0n) is 17.0. The van der Waals surface area contributed by atoms with Crippen molar-refractivity contribution in [3.05, 3.63) is 58.9 Å². The lowest BCUT2D eigenvalue weighted by molar-refractivity contribution is -0.120. The molecule has 1 aliphatic heterocycles. The number of anilines is 2. The molecule has 4 rings (SSSR count). The van der Waals surface area contributed by atoms with Crippen LogP contribution in [0.3, 0.4) is 0 Å². The average molecular weight is 423 g/mol. The minimum absolute atomic E-state index is 0.00438. The highest BCUT2D eigenvalue weighted by Crippen LogP contribution is 2.27. The summed E-state index contributed by atoms with van der Waals surface area (Å²) in [6.45, 7) is 0. The third kappa shape index (κ3) is 4.05. The summed E-state index contributed by atoms with van der Waals surface area (Å²) >= 11 is 0. The third-order valence-corrected chi connectivity index (χ3v) is 5.81. The van der Waals surface area contributed by atoms with E-state index in [2.05, 4.69) is 10.6 Å². The summed E-state index contributed by atoms with van der Waals surface area (Å²) in [6.07, 6.45) is 4.66. The molecular weight excluding hydrogens is 401 g/mol. The van der Waals surface area contributed by atoms with E-state index in [0.29, 0.717) is 5.69 Å². The Morgan fingerprint density at radius 2 is 1.65 bits per heavy atom. The Kier molecular flexibility index (Phi) is 5.54. The Labute approximate surface area is 178 Å². The number of hydrogen-bond donors (Lipinski definition) is 2. The molecule has 8 heteroatoms. The van der Waals surface area contributed by atoms with Gasteiger partial charge in [0.15, 0.2) is 0 Å². The van der Waals surface area contributed by atoms with E-state index in [4.69, 9.17) is 0 Å². The molecule has 2 N–H and O–H groups in total. The molecule has 0 spiro atoms. The van der Waals surface area contributed by atoms with Gasteiger partial charge in [-0.15, -0.1) is 0 Å². The zero-order chi connectivity index (χ0) is 22.1. The maximum Gasteiger partial charge on any atom is 0.261 e. The summed E-state index contributed by atoms with van der Waals surface area (Å²) in [6, 6.07) is 8.18. The van der Waals surface area contributed by atoms with Gasteiger partial charge in [-0.05, 0) is 49.2 Å². The van der Waals surface area contributed by atoms with Crippen molar-refractivity contribution in [2.75, 3.05) is 17.7 Å². The Balaban J connectivity index is 1.49. The second kappa shape index (κ2) is 8.29. The SMILES string of the molecule is CN1C(=O)c2ccc(C(=O)Nc3ccc(F)c(NC(=O)C4CCCCC4)c3)cc2C1=O. The first-order valence-electron chi connectivity index (χ1n) is 10.2. The molecule has 1 aliphatic carbocycles. The van der Waals surface area contributed by atoms with Gasteiger partial charge in [0.2, 0.25) is 5.91 Å². The Morgan fingerprint density at radius 3 is 2.39 bits per heavy atom. The van der Waals surface area contributed by atoms with Crippen molar-refractivity contribution in [3.8, 4) is 0 Å². The predicted octanol–water partition coefficient (Wildman–Crippen LogP) is 3.82. The second-order valence-electron chi connectivity index (χ2n) is 7.90. The van der Waals surface area contributed by atoms with Crippen LogP contribution in [0.4, 0.5) is 15.8 Å². The quantitative estimate of drug-likeness (QED) is 0.731. The molecule has 2 aromatic carbocycles. The standard InChI is InChI=1S/C23H22FN3O4/c1-27-22(30)16-9-7-14(11-17(16)23(27)31)21(29)25-15-8-10-18(24)19(12-15)26-20(28)13-5-3-2-4-6-13/h7-13H,2-6H2,1H3,(H,25,29)(H,26,28). The number of rotatable bonds is 4. The van der Waals surface area contributed by atoms with Gasteiger partial charge >= 0.3 is 0 Å². The van der Waals surface area contributed by atoms with Crippen molar-refractivity contribution >= 4 is 35.0 Å². The van der Waals surface area contributed by atoms with Gasteiger partial charge < -0.3 is 10.6 Å². The van der Waals surface area contributed by atoms with E-state index >= 15 is 0 Å². The molecule has 4 amide bonds. The lowest BCUT2D eigenvalue weighted by atomic mass is 9.88. The number of fused-ring (bicyclic) bond motifs is 1. The molecule has 1 heterocycles. The summed E-state index contributed by atoms with van der Waals surface area (Å²) in [5.74, 6) is -2.34. The van der Waals surface area contributed by atoms with Gasteiger partial charge in [0.05, 0.1) is 16.8 Å². The summed E-state index contributed by atoms with van der Waals surface area (Å²) < 4.78 is 14.2. The van der Waals surface area contributed by atoms with Crippen LogP contribution in [0.1, 0.15) is 63.2 Å². The van der Waals surface area contributed by atoms with Gasteiger partial charge in [-0.25, -0.2) is 4.39 Å². The lowest BCUT2D eigenvalue weighted by Gasteiger charge is -2.21. The van der Waals surface area contributed by atoms with Gasteiger partial charge in [0.25, 0.3) is 17.7 Å². The van der Waals surface area contributed by atoms with E-state index < -0.39 is 23.5 Å². The molecule has 1 fully saturated rings. The summed E-state index contributed by atoms with van der Waals surface area (Å²) in [7, 11) is 1.38. The number of nitrogens with zero attached hydrogens (tertiary/aromatic N) is 1. The van der Waals surface area contributed by atoms with Crippen molar-refractivity contribution in [1.29, 1.82) is 0 Å². The van der Waals surface area contributed by atoms with Crippen LogP contribution < -0.4 is 10.6 Å². The summed E-state index contributed by atoms with van der Waals surface area (Å²) in [5, 5.41) is 5.27. The molecule has 0 aromatic heterocycles. The van der Waals surface area contributed by atoms with Crippen molar-refractivity contribution in [2.24, 2.45) is 5.92 Å². The maximum absolute atomic E-state index is 14.2. The van der Waals surface area contributed by atoms with Gasteiger partial charge in [-0.1, -0.05) is 19.3 Å². The molecule has 2 aliphatic rings. The first-order valence-corrected chi connectivity index (χ1v) is 10.2. The van der Waals surface area contributed by atoms with Gasteiger partial charge in [-0.3, -0.25) is 24.1 Å². The van der Waals surface area contributed by atoms with Crippen LogP contribution in [0, 0.1) is 11.7 Å². The van der Waals surface area contributed by atoms with Gasteiger partial charge in [-0.2, -0.15) is 0 Å². The fourth-order valence-electron chi connectivity index (χ4n) is 4.00. The minimum Gasteiger partial charge on any atom is -0.323 e. The van der Waals surface area contributed by atoms with Gasteiger partial charge in [0.1, 0.15) is 5.82 Å². The molecule has 31 heavy (non-hydrogen) atoms. The molecule has 0 atom stereocenters. The van der Waals surface area contributed by atoms with Crippen LogP contribution in [0.5, 0.6) is 0 Å². The smallest absolute Gasteiger partial charge is 0.261 e. The summed E-state index contributed by atoms with van der Waals surface area (Å²) in [4.78, 5) is 50.2. The summed E-state index contributed by atoms with van der Waals surface area (Å²) in [5.41, 5.74) is 0.903. The normalized spacial score (nSPS) is 16.3. The highest BCUT2D eigenvalue weighted by molar-refractivity contribution is 6.22. The van der Waals surface area contributed by atoms with E-state index in [1.54, 1.807) is 0 Å². The van der Waals surface area contributed by atoms with Crippen LogP contribution in [0.25, 0.3) is 0 Å². The predicted molar refractivity (Wildman–Crippen MR) is 112 cm³/mol. The van der Waals surface area contributed by atoms with Crippen LogP contribution in [-0.4, -0.2) is 35.6 Å². The second-order valence-corrected chi connectivity index (χ2v) is 7.90. The van der Waals surface area contributed by atoms with E-state index in [1.165, 1.54) is 43.4 Å². The number of benzene rings is 2. The van der Waals surface area contributed by atoms with Crippen LogP contribution in [0.15, 0.2) is 36.4 Å². The van der Waals surface area contributed by atoms with E-state index in [-0.39, 0.29) is 34.2 Å². The third-order valence-electron chi connectivity index (χ3n) is 5.81. The number of amides is 4. The molecule has 0 saturated heterocycles. The Bertz CT molecular complexity index is 1090. The topological polar surface area (TPSA) is 95.6 Å². The first-order chi connectivity index (χ1) is 14.8. The highest BCUT2D eigenvalue weighted by Gasteiger charge is 2.33. The minimum atomic E-state index is -0.591. The van der Waals surface area contributed by atoms with Crippen molar-refractivity contribution in [3.63, 3.8) is 0 Å². The molecule has 160 valence electrons. The average Bonchev–Trinajstić information content (AvgIpc) is 3.00. The number of imide groups is 1. The molecule has 2 aromatic rings. The fraction of sp³-hybridized carbons (Fsp3) is 0.304. The fourth-order valence-corrected chi connectivity index (χ4v) is 4.00. The zero-order valence-corrected chi connectivity index (χ0v) is 17.0. The highest BCUT2D eigenvalue weighted by atomic mass is 19.1. The maximum atomic E-state index is 14.2. The molecule has 0 unspecified atom stereocenters. The van der Waals surface area contributed by atoms with Crippen LogP contribution in [-0.2, 0) is 4.79 Å². The van der Waals surface area contributed by atoms with E-state index in [1.807, 2.05) is 0 Å². The number of hydrogen-bond acceptors (Lipinski definition) is 4. The van der Waals surface area contributed by atoms with Crippen molar-refractivity contribution in [2.45, 2.75) is 32.1 Å². The van der Waals surface area contributed by atoms with Crippen molar-refractivity contribution < 1.29 is 23.6 Å². The van der Waals surface area contributed by atoms with E-state index in [9.17, 15) is 23.6 Å². The molecule has 0 bridgehead atoms. The molecule has 1 saturated carbocycles. The van der Waals surface area contributed by atoms with Crippen LogP contribution >= 0.6 is 0 Å². The molecule has 0 radical (unpaired) electrons. The number of carbonyl (C=O) groups is 4. The van der Waals surface area contributed by atoms with Crippen molar-refractivity contribution in [1.82, 2.24) is 4.90 Å². The van der Waals surface area contributed by atoms with Crippen LogP contribution in [0.2, 0.25) is 0 Å². The largest absolute Gasteiger partial charge is 0.323 e. The number of halogens is 1. The number of carbonyl (C=O) groups excluding carboxylic acids is 4. The Morgan fingerprint density at radius 1 is 0.935 bits per heavy atom. The Hall–Kier alpha value is -3.55. The van der Waals surface area contributed by atoms with E-state index in [0.717, 1.165) is 37.0 Å². The lowest BCUT2D eigenvalue weighted by Crippen LogP contribution is -2.25. The molecule has 7 nitrogen and oxygen atoms in total.